The zero-order chi connectivity index (χ0) is 27.5. The number of aryl methyl sites for hydroxylation is 1. The van der Waals surface area contributed by atoms with Gasteiger partial charge in [-0.15, -0.1) is 0 Å². The molecular formula is C33H27NO6. The number of para-hydroxylation sites is 2. The van der Waals surface area contributed by atoms with E-state index in [-0.39, 0.29) is 5.43 Å². The molecule has 200 valence electrons. The maximum absolute atomic E-state index is 13.6. The van der Waals surface area contributed by atoms with Crippen molar-refractivity contribution in [2.24, 2.45) is 0 Å². The quantitative estimate of drug-likeness (QED) is 0.233. The molecule has 6 rings (SSSR count). The molecule has 0 unspecified atom stereocenters. The molecule has 1 amide bonds. The van der Waals surface area contributed by atoms with Gasteiger partial charge in [-0.25, -0.2) is 9.69 Å². The van der Waals surface area contributed by atoms with Gasteiger partial charge in [-0.2, -0.15) is 0 Å². The lowest BCUT2D eigenvalue weighted by molar-refractivity contribution is 0.210. The number of carbonyl (C=O) groups is 1. The van der Waals surface area contributed by atoms with Crippen LogP contribution in [0.15, 0.2) is 106 Å². The summed E-state index contributed by atoms with van der Waals surface area (Å²) in [5, 5.41) is 0.407. The van der Waals surface area contributed by atoms with Crippen LogP contribution in [0.3, 0.4) is 0 Å². The predicted octanol–water partition coefficient (Wildman–Crippen LogP) is 7.52. The predicted molar refractivity (Wildman–Crippen MR) is 154 cm³/mol. The van der Waals surface area contributed by atoms with Crippen molar-refractivity contribution in [3.05, 3.63) is 113 Å². The van der Waals surface area contributed by atoms with Gasteiger partial charge in [0.1, 0.15) is 17.6 Å². The minimum Gasteiger partial charge on any atom is -0.490 e. The van der Waals surface area contributed by atoms with E-state index in [1.165, 1.54) is 11.2 Å². The van der Waals surface area contributed by atoms with E-state index in [4.69, 9.17) is 18.6 Å². The van der Waals surface area contributed by atoms with Gasteiger partial charge in [-0.05, 0) is 60.0 Å². The van der Waals surface area contributed by atoms with Gasteiger partial charge in [0, 0.05) is 12.5 Å². The van der Waals surface area contributed by atoms with Crippen molar-refractivity contribution in [3.63, 3.8) is 0 Å². The molecule has 1 aromatic heterocycles. The van der Waals surface area contributed by atoms with E-state index in [1.807, 2.05) is 79.7 Å². The van der Waals surface area contributed by atoms with Crippen LogP contribution in [0.5, 0.6) is 17.2 Å². The fraction of sp³-hybridized carbons (Fsp3) is 0.152. The number of benzene rings is 4. The van der Waals surface area contributed by atoms with Crippen LogP contribution in [-0.4, -0.2) is 19.3 Å². The molecule has 0 aliphatic carbocycles. The third-order valence-electron chi connectivity index (χ3n) is 6.80. The third kappa shape index (κ3) is 4.89. The van der Waals surface area contributed by atoms with Crippen LogP contribution in [0.1, 0.15) is 18.9 Å². The Balaban J connectivity index is 1.36. The van der Waals surface area contributed by atoms with E-state index in [9.17, 15) is 9.59 Å². The third-order valence-corrected chi connectivity index (χ3v) is 6.80. The number of rotatable bonds is 5. The Morgan fingerprint density at radius 3 is 2.20 bits per heavy atom. The standard InChI is InChI=1S/C33H27NO6/c1-2-22-18-26-30(39-21-27(32(26)35)23-14-15-28-31(19-23)38-17-9-16-37-28)20-29(22)40-33(36)34(24-10-5-3-6-11-24)25-12-7-4-8-13-25/h3-8,10-15,18-21H,2,9,16-17H2,1H3. The van der Waals surface area contributed by atoms with Crippen LogP contribution in [0.25, 0.3) is 22.1 Å². The molecule has 7 heteroatoms. The van der Waals surface area contributed by atoms with Crippen LogP contribution in [0.4, 0.5) is 16.2 Å². The Labute approximate surface area is 231 Å². The summed E-state index contributed by atoms with van der Waals surface area (Å²) >= 11 is 0. The molecule has 0 atom stereocenters. The molecule has 4 aromatic carbocycles. The average molecular weight is 534 g/mol. The first kappa shape index (κ1) is 25.2. The number of hydrogen-bond donors (Lipinski definition) is 0. The fourth-order valence-electron chi connectivity index (χ4n) is 4.76. The highest BCUT2D eigenvalue weighted by atomic mass is 16.6. The number of anilines is 2. The highest BCUT2D eigenvalue weighted by Crippen LogP contribution is 2.35. The minimum atomic E-state index is -0.572. The molecule has 40 heavy (non-hydrogen) atoms. The Bertz CT molecular complexity index is 1690. The molecule has 0 bridgehead atoms. The van der Waals surface area contributed by atoms with E-state index < -0.39 is 6.09 Å². The van der Waals surface area contributed by atoms with Crippen LogP contribution in [0.2, 0.25) is 0 Å². The number of ether oxygens (including phenoxy) is 3. The minimum absolute atomic E-state index is 0.182. The van der Waals surface area contributed by atoms with Crippen molar-refractivity contribution >= 4 is 28.4 Å². The van der Waals surface area contributed by atoms with E-state index in [0.29, 0.717) is 75.9 Å². The second-order valence-electron chi connectivity index (χ2n) is 9.37. The lowest BCUT2D eigenvalue weighted by Crippen LogP contribution is -2.29. The first-order chi connectivity index (χ1) is 19.6. The highest BCUT2D eigenvalue weighted by Gasteiger charge is 2.23. The number of nitrogens with zero attached hydrogens (tertiary/aromatic N) is 1. The summed E-state index contributed by atoms with van der Waals surface area (Å²) < 4.78 is 23.4. The average Bonchev–Trinajstić information content (AvgIpc) is 3.23. The van der Waals surface area contributed by atoms with Gasteiger partial charge in [-0.3, -0.25) is 4.79 Å². The summed E-state index contributed by atoms with van der Waals surface area (Å²) in [4.78, 5) is 28.7. The zero-order valence-corrected chi connectivity index (χ0v) is 22.0. The number of carbonyl (C=O) groups excluding carboxylic acids is 1. The second-order valence-corrected chi connectivity index (χ2v) is 9.37. The monoisotopic (exact) mass is 533 g/mol. The molecule has 0 radical (unpaired) electrons. The van der Waals surface area contributed by atoms with Crippen LogP contribution >= 0.6 is 0 Å². The molecule has 0 N–H and O–H groups in total. The molecule has 5 aromatic rings. The maximum atomic E-state index is 13.6. The lowest BCUT2D eigenvalue weighted by Gasteiger charge is -2.23. The van der Waals surface area contributed by atoms with Crippen LogP contribution < -0.4 is 24.5 Å². The van der Waals surface area contributed by atoms with Gasteiger partial charge >= 0.3 is 6.09 Å². The SMILES string of the molecule is CCc1cc2c(=O)c(-c3ccc4c(c3)OCCCO4)coc2cc1OC(=O)N(c1ccccc1)c1ccccc1. The first-order valence-electron chi connectivity index (χ1n) is 13.2. The number of fused-ring (bicyclic) bond motifs is 2. The fourth-order valence-corrected chi connectivity index (χ4v) is 4.76. The van der Waals surface area contributed by atoms with E-state index in [2.05, 4.69) is 0 Å². The van der Waals surface area contributed by atoms with E-state index in [0.717, 1.165) is 6.42 Å². The molecule has 2 heterocycles. The van der Waals surface area contributed by atoms with Crippen molar-refractivity contribution in [2.45, 2.75) is 19.8 Å². The van der Waals surface area contributed by atoms with Crippen molar-refractivity contribution < 1.29 is 23.4 Å². The number of amides is 1. The highest BCUT2D eigenvalue weighted by molar-refractivity contribution is 5.97. The van der Waals surface area contributed by atoms with Gasteiger partial charge in [0.25, 0.3) is 0 Å². The Morgan fingerprint density at radius 1 is 0.850 bits per heavy atom. The Kier molecular flexibility index (Phi) is 6.93. The normalized spacial score (nSPS) is 12.5. The summed E-state index contributed by atoms with van der Waals surface area (Å²) in [6, 6.07) is 27.4. The van der Waals surface area contributed by atoms with E-state index in [1.54, 1.807) is 18.2 Å². The second kappa shape index (κ2) is 11.0. The van der Waals surface area contributed by atoms with Gasteiger partial charge < -0.3 is 18.6 Å². The smallest absolute Gasteiger partial charge is 0.424 e. The summed E-state index contributed by atoms with van der Waals surface area (Å²) in [6.07, 6.45) is 2.20. The summed E-state index contributed by atoms with van der Waals surface area (Å²) in [5.41, 5.74) is 3.29. The molecule has 0 spiro atoms. The molecule has 1 aliphatic rings. The molecule has 7 nitrogen and oxygen atoms in total. The Hall–Kier alpha value is -5.04. The molecule has 0 saturated carbocycles. The number of hydrogen-bond acceptors (Lipinski definition) is 6. The van der Waals surface area contributed by atoms with Crippen molar-refractivity contribution in [1.82, 2.24) is 0 Å². The zero-order valence-electron chi connectivity index (χ0n) is 22.0. The van der Waals surface area contributed by atoms with Crippen LogP contribution in [0, 0.1) is 0 Å². The largest absolute Gasteiger partial charge is 0.490 e. The molecule has 0 fully saturated rings. The van der Waals surface area contributed by atoms with Gasteiger partial charge in [-0.1, -0.05) is 49.4 Å². The Morgan fingerprint density at radius 2 is 1.52 bits per heavy atom. The van der Waals surface area contributed by atoms with Crippen molar-refractivity contribution in [1.29, 1.82) is 0 Å². The first-order valence-corrected chi connectivity index (χ1v) is 13.2. The van der Waals surface area contributed by atoms with E-state index >= 15 is 0 Å². The molecular weight excluding hydrogens is 506 g/mol. The topological polar surface area (TPSA) is 78.2 Å². The maximum Gasteiger partial charge on any atom is 0.424 e. The van der Waals surface area contributed by atoms with Gasteiger partial charge in [0.2, 0.25) is 5.43 Å². The van der Waals surface area contributed by atoms with Crippen molar-refractivity contribution in [2.75, 3.05) is 18.1 Å². The van der Waals surface area contributed by atoms with Crippen LogP contribution in [-0.2, 0) is 6.42 Å². The molecule has 1 aliphatic heterocycles. The summed E-state index contributed by atoms with van der Waals surface area (Å²) in [5.74, 6) is 1.60. The lowest BCUT2D eigenvalue weighted by atomic mass is 10.0. The van der Waals surface area contributed by atoms with Crippen molar-refractivity contribution in [3.8, 4) is 28.4 Å². The summed E-state index contributed by atoms with van der Waals surface area (Å²) in [7, 11) is 0. The van der Waals surface area contributed by atoms with Gasteiger partial charge in [0.05, 0.1) is 35.5 Å². The molecule has 0 saturated heterocycles. The summed E-state index contributed by atoms with van der Waals surface area (Å²) in [6.45, 7) is 3.08. The van der Waals surface area contributed by atoms with Gasteiger partial charge in [0.15, 0.2) is 11.5 Å².